The van der Waals surface area contributed by atoms with Crippen LogP contribution < -0.4 is 15.8 Å². The van der Waals surface area contributed by atoms with Crippen LogP contribution in [0.15, 0.2) is 42.5 Å². The first-order valence-corrected chi connectivity index (χ1v) is 15.2. The summed E-state index contributed by atoms with van der Waals surface area (Å²) in [5.41, 5.74) is 7.94. The SMILES string of the molecule is CCOC(=O)CS(=O)(=O)NCC(C)(C(=O)N1CCCC1)c1ccc2c(c1)nc(CNc1ccc(C(=N)N)cc1)n2C. The molecule has 13 heteroatoms. The van der Waals surface area contributed by atoms with Gasteiger partial charge in [-0.2, -0.15) is 0 Å². The van der Waals surface area contributed by atoms with Crippen LogP contribution in [0, 0.1) is 5.41 Å². The highest BCUT2D eigenvalue weighted by atomic mass is 32.2. The highest BCUT2D eigenvalue weighted by Crippen LogP contribution is 2.31. The summed E-state index contributed by atoms with van der Waals surface area (Å²) in [6, 6.07) is 12.8. The van der Waals surface area contributed by atoms with Gasteiger partial charge in [-0.15, -0.1) is 0 Å². The average molecular weight is 584 g/mol. The quantitative estimate of drug-likeness (QED) is 0.142. The molecule has 3 aromatic rings. The van der Waals surface area contributed by atoms with E-state index in [1.54, 1.807) is 30.9 Å². The number of nitrogens with two attached hydrogens (primary N) is 1. The number of hydrogen-bond donors (Lipinski definition) is 4. The van der Waals surface area contributed by atoms with Crippen molar-refractivity contribution in [1.29, 1.82) is 5.41 Å². The summed E-state index contributed by atoms with van der Waals surface area (Å²) in [4.78, 5) is 32.2. The van der Waals surface area contributed by atoms with Crippen molar-refractivity contribution >= 4 is 44.5 Å². The number of aryl methyl sites for hydroxylation is 1. The Balaban J connectivity index is 1.59. The fraction of sp³-hybridized carbons (Fsp3) is 0.429. The Bertz CT molecular complexity index is 1550. The minimum atomic E-state index is -4.03. The normalized spacial score (nSPS) is 15.0. The molecular formula is C28H37N7O5S. The summed E-state index contributed by atoms with van der Waals surface area (Å²) in [6.45, 7) is 4.83. The van der Waals surface area contributed by atoms with Gasteiger partial charge in [0.15, 0.2) is 5.75 Å². The van der Waals surface area contributed by atoms with Crippen molar-refractivity contribution in [3.05, 3.63) is 59.4 Å². The Hall–Kier alpha value is -3.97. The van der Waals surface area contributed by atoms with Crippen LogP contribution in [0.3, 0.4) is 0 Å². The van der Waals surface area contributed by atoms with Gasteiger partial charge in [-0.3, -0.25) is 15.0 Å². The summed E-state index contributed by atoms with van der Waals surface area (Å²) < 4.78 is 34.5. The van der Waals surface area contributed by atoms with Gasteiger partial charge in [-0.1, -0.05) is 6.07 Å². The first kappa shape index (κ1) is 30.0. The van der Waals surface area contributed by atoms with Crippen molar-refractivity contribution in [1.82, 2.24) is 19.2 Å². The number of esters is 1. The van der Waals surface area contributed by atoms with Gasteiger partial charge in [0.1, 0.15) is 11.7 Å². The fourth-order valence-electron chi connectivity index (χ4n) is 4.93. The number of fused-ring (bicyclic) bond motifs is 1. The lowest BCUT2D eigenvalue weighted by molar-refractivity contribution is -0.140. The zero-order valence-electron chi connectivity index (χ0n) is 23.6. The van der Waals surface area contributed by atoms with E-state index >= 15 is 0 Å². The summed E-state index contributed by atoms with van der Waals surface area (Å²) >= 11 is 0. The molecule has 0 radical (unpaired) electrons. The Kier molecular flexibility index (Phi) is 8.98. The molecule has 1 aliphatic rings. The van der Waals surface area contributed by atoms with E-state index < -0.39 is 27.2 Å². The molecule has 1 saturated heterocycles. The number of amidine groups is 1. The van der Waals surface area contributed by atoms with Crippen LogP contribution >= 0.6 is 0 Å². The molecule has 0 saturated carbocycles. The second-order valence-corrected chi connectivity index (χ2v) is 12.2. The maximum atomic E-state index is 13.8. The number of sulfonamides is 1. The van der Waals surface area contributed by atoms with E-state index in [0.717, 1.165) is 29.9 Å². The van der Waals surface area contributed by atoms with Crippen LogP contribution in [0.1, 0.15) is 43.6 Å². The van der Waals surface area contributed by atoms with Gasteiger partial charge in [0.25, 0.3) is 0 Å². The van der Waals surface area contributed by atoms with Crippen LogP contribution in [-0.4, -0.2) is 72.6 Å². The molecule has 0 aliphatic carbocycles. The monoisotopic (exact) mass is 583 g/mol. The van der Waals surface area contributed by atoms with Crippen LogP contribution in [0.2, 0.25) is 0 Å². The van der Waals surface area contributed by atoms with E-state index in [0.29, 0.717) is 36.3 Å². The number of rotatable bonds is 12. The predicted octanol–water partition coefficient (Wildman–Crippen LogP) is 1.83. The fourth-order valence-corrected chi connectivity index (χ4v) is 5.94. The van der Waals surface area contributed by atoms with E-state index in [9.17, 15) is 18.0 Å². The maximum absolute atomic E-state index is 13.8. The molecule has 1 atom stereocenters. The van der Waals surface area contributed by atoms with Gasteiger partial charge in [0.05, 0.1) is 29.6 Å². The molecule has 0 bridgehead atoms. The van der Waals surface area contributed by atoms with Crippen LogP contribution in [0.25, 0.3) is 11.0 Å². The topological polar surface area (TPSA) is 172 Å². The summed E-state index contributed by atoms with van der Waals surface area (Å²) in [5, 5.41) is 10.9. The third-order valence-corrected chi connectivity index (χ3v) is 8.58. The predicted molar refractivity (Wildman–Crippen MR) is 157 cm³/mol. The Morgan fingerprint density at radius 1 is 1.15 bits per heavy atom. The van der Waals surface area contributed by atoms with Gasteiger partial charge in [-0.05, 0) is 68.7 Å². The Morgan fingerprint density at radius 2 is 1.83 bits per heavy atom. The number of carbonyl (C=O) groups is 2. The molecule has 1 fully saturated rings. The molecular weight excluding hydrogens is 546 g/mol. The van der Waals surface area contributed by atoms with Crippen molar-refractivity contribution in [2.24, 2.45) is 12.8 Å². The second-order valence-electron chi connectivity index (χ2n) is 10.4. The van der Waals surface area contributed by atoms with Gasteiger partial charge in [0, 0.05) is 37.9 Å². The number of likely N-dealkylation sites (tertiary alicyclic amines) is 1. The number of nitrogens with zero attached hydrogens (tertiary/aromatic N) is 3. The zero-order valence-corrected chi connectivity index (χ0v) is 24.4. The smallest absolute Gasteiger partial charge is 0.322 e. The Morgan fingerprint density at radius 3 is 2.46 bits per heavy atom. The molecule has 1 aromatic heterocycles. The van der Waals surface area contributed by atoms with E-state index in [1.165, 1.54) is 0 Å². The van der Waals surface area contributed by atoms with E-state index in [2.05, 4.69) is 10.0 Å². The molecule has 2 heterocycles. The van der Waals surface area contributed by atoms with E-state index in [1.807, 2.05) is 41.9 Å². The van der Waals surface area contributed by atoms with Gasteiger partial charge >= 0.3 is 5.97 Å². The van der Waals surface area contributed by atoms with Gasteiger partial charge in [-0.25, -0.2) is 18.1 Å². The van der Waals surface area contributed by atoms with Crippen molar-refractivity contribution in [3.63, 3.8) is 0 Å². The lowest BCUT2D eigenvalue weighted by Crippen LogP contribution is -2.51. The highest BCUT2D eigenvalue weighted by Gasteiger charge is 2.40. The second kappa shape index (κ2) is 12.3. The molecule has 220 valence electrons. The lowest BCUT2D eigenvalue weighted by atomic mass is 9.81. The summed E-state index contributed by atoms with van der Waals surface area (Å²) in [6.07, 6.45) is 1.78. The van der Waals surface area contributed by atoms with Crippen molar-refractivity contribution < 1.29 is 22.7 Å². The molecule has 1 aliphatic heterocycles. The maximum Gasteiger partial charge on any atom is 0.322 e. The molecule has 1 unspecified atom stereocenters. The first-order valence-electron chi connectivity index (χ1n) is 13.5. The van der Waals surface area contributed by atoms with Gasteiger partial charge < -0.3 is 25.3 Å². The molecule has 1 amide bonds. The molecule has 0 spiro atoms. The largest absolute Gasteiger partial charge is 0.465 e. The van der Waals surface area contributed by atoms with Crippen molar-refractivity contribution in [2.45, 2.75) is 38.6 Å². The number of benzene rings is 2. The average Bonchev–Trinajstić information content (AvgIpc) is 3.58. The number of nitrogen functional groups attached to an aromatic ring is 1. The van der Waals surface area contributed by atoms with E-state index in [-0.39, 0.29) is 24.9 Å². The number of carbonyl (C=O) groups excluding carboxylic acids is 2. The van der Waals surface area contributed by atoms with Gasteiger partial charge in [0.2, 0.25) is 15.9 Å². The molecule has 5 N–H and O–H groups in total. The third kappa shape index (κ3) is 6.85. The number of hydrogen-bond acceptors (Lipinski definition) is 8. The van der Waals surface area contributed by atoms with Crippen molar-refractivity contribution in [2.75, 3.05) is 37.3 Å². The zero-order chi connectivity index (χ0) is 29.8. The standard InChI is InChI=1S/C28H37N7O5S/c1-4-40-25(36)17-41(38,39)32-18-28(2,27(37)35-13-5-6-14-35)20-9-12-23-22(15-20)33-24(34(23)3)16-31-21-10-7-19(8-11-21)26(29)30/h7-12,15,31-32H,4-6,13-14,16-18H2,1-3H3,(H3,29,30). The van der Waals surface area contributed by atoms with Crippen molar-refractivity contribution in [3.8, 4) is 0 Å². The number of anilines is 1. The number of amides is 1. The molecule has 41 heavy (non-hydrogen) atoms. The molecule has 4 rings (SSSR count). The molecule has 2 aromatic carbocycles. The van der Waals surface area contributed by atoms with Crippen LogP contribution in [0.4, 0.5) is 5.69 Å². The van der Waals surface area contributed by atoms with Crippen LogP contribution in [-0.2, 0) is 43.4 Å². The number of ether oxygens (including phenoxy) is 1. The van der Waals surface area contributed by atoms with E-state index in [4.69, 9.17) is 20.9 Å². The third-order valence-electron chi connectivity index (χ3n) is 7.38. The Labute approximate surface area is 239 Å². The number of aromatic nitrogens is 2. The highest BCUT2D eigenvalue weighted by molar-refractivity contribution is 7.90. The summed E-state index contributed by atoms with van der Waals surface area (Å²) in [7, 11) is -2.12. The minimum absolute atomic E-state index is 0.00437. The minimum Gasteiger partial charge on any atom is -0.465 e. The van der Waals surface area contributed by atoms with Crippen LogP contribution in [0.5, 0.6) is 0 Å². The number of imidazole rings is 1. The molecule has 12 nitrogen and oxygen atoms in total. The number of nitrogens with one attached hydrogen (secondary N) is 3. The lowest BCUT2D eigenvalue weighted by Gasteiger charge is -2.33. The first-order chi connectivity index (χ1) is 19.4. The summed E-state index contributed by atoms with van der Waals surface area (Å²) in [5.74, 6) is -1.08.